The standard InChI is InChI=1S/C20H21FN2O3/c1-14-4-2-3-5-17(14)20(25)22-12-19(24)23-10-11-26-18(13-23)15-6-8-16(21)9-7-15/h2-9,18H,10-13H2,1H3,(H,22,25). The molecule has 5 nitrogen and oxygen atoms in total. The van der Waals surface area contributed by atoms with E-state index in [1.165, 1.54) is 12.1 Å². The maximum atomic E-state index is 13.1. The minimum absolute atomic E-state index is 0.0662. The summed E-state index contributed by atoms with van der Waals surface area (Å²) < 4.78 is 18.7. The Balaban J connectivity index is 1.57. The lowest BCUT2D eigenvalue weighted by atomic mass is 10.1. The average molecular weight is 356 g/mol. The minimum Gasteiger partial charge on any atom is -0.370 e. The van der Waals surface area contributed by atoms with Crippen molar-refractivity contribution >= 4 is 11.8 Å². The van der Waals surface area contributed by atoms with Gasteiger partial charge in [0.05, 0.1) is 19.7 Å². The number of nitrogens with zero attached hydrogens (tertiary/aromatic N) is 1. The molecule has 2 aromatic carbocycles. The molecule has 0 aliphatic carbocycles. The van der Waals surface area contributed by atoms with Gasteiger partial charge in [-0.1, -0.05) is 30.3 Å². The molecule has 1 atom stereocenters. The summed E-state index contributed by atoms with van der Waals surface area (Å²) in [5, 5.41) is 2.68. The number of ether oxygens (including phenoxy) is 1. The molecular formula is C20H21FN2O3. The lowest BCUT2D eigenvalue weighted by molar-refractivity contribution is -0.137. The number of nitrogens with one attached hydrogen (secondary N) is 1. The molecule has 26 heavy (non-hydrogen) atoms. The van der Waals surface area contributed by atoms with E-state index in [-0.39, 0.29) is 30.3 Å². The predicted octanol–water partition coefficient (Wildman–Crippen LogP) is 2.46. The van der Waals surface area contributed by atoms with Crippen molar-refractivity contribution in [3.05, 3.63) is 71.0 Å². The summed E-state index contributed by atoms with van der Waals surface area (Å²) in [6.45, 7) is 3.04. The Kier molecular flexibility index (Phi) is 5.63. The SMILES string of the molecule is Cc1ccccc1C(=O)NCC(=O)N1CCOC(c2ccc(F)cc2)C1. The first-order valence-electron chi connectivity index (χ1n) is 8.53. The molecule has 1 N–H and O–H groups in total. The zero-order valence-corrected chi connectivity index (χ0v) is 14.6. The Labute approximate surface area is 151 Å². The van der Waals surface area contributed by atoms with E-state index < -0.39 is 0 Å². The molecule has 0 spiro atoms. The molecule has 1 heterocycles. The predicted molar refractivity (Wildman–Crippen MR) is 95.2 cm³/mol. The van der Waals surface area contributed by atoms with Gasteiger partial charge in [-0.05, 0) is 36.2 Å². The first-order valence-corrected chi connectivity index (χ1v) is 8.53. The first kappa shape index (κ1) is 18.1. The van der Waals surface area contributed by atoms with Crippen LogP contribution in [-0.2, 0) is 9.53 Å². The molecule has 2 amide bonds. The maximum absolute atomic E-state index is 13.1. The number of halogens is 1. The molecular weight excluding hydrogens is 335 g/mol. The van der Waals surface area contributed by atoms with Gasteiger partial charge in [-0.2, -0.15) is 0 Å². The number of amides is 2. The summed E-state index contributed by atoms with van der Waals surface area (Å²) in [6, 6.07) is 13.3. The van der Waals surface area contributed by atoms with E-state index in [0.29, 0.717) is 25.3 Å². The number of benzene rings is 2. The molecule has 0 aromatic heterocycles. The van der Waals surface area contributed by atoms with Gasteiger partial charge in [0.1, 0.15) is 11.9 Å². The van der Waals surface area contributed by atoms with Gasteiger partial charge in [-0.3, -0.25) is 9.59 Å². The fourth-order valence-electron chi connectivity index (χ4n) is 2.95. The molecule has 6 heteroatoms. The van der Waals surface area contributed by atoms with Crippen LogP contribution in [0.15, 0.2) is 48.5 Å². The van der Waals surface area contributed by atoms with Crippen LogP contribution in [0.4, 0.5) is 4.39 Å². The molecule has 0 radical (unpaired) electrons. The molecule has 0 bridgehead atoms. The molecule has 1 unspecified atom stereocenters. The van der Waals surface area contributed by atoms with Crippen LogP contribution in [-0.4, -0.2) is 43.0 Å². The van der Waals surface area contributed by atoms with Gasteiger partial charge in [0.2, 0.25) is 5.91 Å². The van der Waals surface area contributed by atoms with E-state index in [2.05, 4.69) is 5.32 Å². The van der Waals surface area contributed by atoms with Gasteiger partial charge in [0.25, 0.3) is 5.91 Å². The number of hydrogen-bond acceptors (Lipinski definition) is 3. The largest absolute Gasteiger partial charge is 0.370 e. The van der Waals surface area contributed by atoms with Crippen molar-refractivity contribution in [2.45, 2.75) is 13.0 Å². The van der Waals surface area contributed by atoms with E-state index in [1.54, 1.807) is 29.2 Å². The van der Waals surface area contributed by atoms with Crippen LogP contribution in [0.25, 0.3) is 0 Å². The third-order valence-electron chi connectivity index (χ3n) is 4.45. The van der Waals surface area contributed by atoms with Gasteiger partial charge in [-0.15, -0.1) is 0 Å². The Morgan fingerprint density at radius 1 is 1.19 bits per heavy atom. The average Bonchev–Trinajstić information content (AvgIpc) is 2.67. The number of carbonyl (C=O) groups excluding carboxylic acids is 2. The molecule has 0 saturated carbocycles. The summed E-state index contributed by atoms with van der Waals surface area (Å²) in [4.78, 5) is 26.3. The molecule has 1 aliphatic heterocycles. The Hall–Kier alpha value is -2.73. The van der Waals surface area contributed by atoms with Crippen molar-refractivity contribution < 1.29 is 18.7 Å². The van der Waals surface area contributed by atoms with Gasteiger partial charge in [0.15, 0.2) is 0 Å². The molecule has 1 fully saturated rings. The van der Waals surface area contributed by atoms with Crippen molar-refractivity contribution in [3.8, 4) is 0 Å². The van der Waals surface area contributed by atoms with Crippen LogP contribution in [0.5, 0.6) is 0 Å². The van der Waals surface area contributed by atoms with Crippen LogP contribution in [0.2, 0.25) is 0 Å². The quantitative estimate of drug-likeness (QED) is 0.916. The normalized spacial score (nSPS) is 17.0. The Morgan fingerprint density at radius 2 is 1.92 bits per heavy atom. The second kappa shape index (κ2) is 8.10. The highest BCUT2D eigenvalue weighted by Gasteiger charge is 2.25. The second-order valence-corrected chi connectivity index (χ2v) is 6.25. The highest BCUT2D eigenvalue weighted by molar-refractivity contribution is 5.97. The zero-order chi connectivity index (χ0) is 18.5. The van der Waals surface area contributed by atoms with E-state index in [9.17, 15) is 14.0 Å². The van der Waals surface area contributed by atoms with Gasteiger partial charge in [0, 0.05) is 12.1 Å². The van der Waals surface area contributed by atoms with E-state index in [0.717, 1.165) is 11.1 Å². The van der Waals surface area contributed by atoms with Crippen LogP contribution < -0.4 is 5.32 Å². The highest BCUT2D eigenvalue weighted by atomic mass is 19.1. The van der Waals surface area contributed by atoms with Crippen molar-refractivity contribution in [3.63, 3.8) is 0 Å². The van der Waals surface area contributed by atoms with Crippen LogP contribution in [0.1, 0.15) is 27.6 Å². The van der Waals surface area contributed by atoms with Gasteiger partial charge < -0.3 is 15.0 Å². The van der Waals surface area contributed by atoms with Crippen molar-refractivity contribution in [1.82, 2.24) is 10.2 Å². The van der Waals surface area contributed by atoms with Crippen LogP contribution >= 0.6 is 0 Å². The van der Waals surface area contributed by atoms with Crippen molar-refractivity contribution in [1.29, 1.82) is 0 Å². The third-order valence-corrected chi connectivity index (χ3v) is 4.45. The van der Waals surface area contributed by atoms with E-state index in [4.69, 9.17) is 4.74 Å². The smallest absolute Gasteiger partial charge is 0.251 e. The van der Waals surface area contributed by atoms with Crippen molar-refractivity contribution in [2.75, 3.05) is 26.2 Å². The number of hydrogen-bond donors (Lipinski definition) is 1. The molecule has 2 aromatic rings. The number of rotatable bonds is 4. The topological polar surface area (TPSA) is 58.6 Å². The van der Waals surface area contributed by atoms with Gasteiger partial charge in [-0.25, -0.2) is 4.39 Å². The van der Waals surface area contributed by atoms with Crippen LogP contribution in [0.3, 0.4) is 0 Å². The Morgan fingerprint density at radius 3 is 2.65 bits per heavy atom. The summed E-state index contributed by atoms with van der Waals surface area (Å²) in [5.74, 6) is -0.737. The summed E-state index contributed by atoms with van der Waals surface area (Å²) in [6.07, 6.45) is -0.291. The monoisotopic (exact) mass is 356 g/mol. The summed E-state index contributed by atoms with van der Waals surface area (Å²) >= 11 is 0. The maximum Gasteiger partial charge on any atom is 0.251 e. The van der Waals surface area contributed by atoms with Gasteiger partial charge >= 0.3 is 0 Å². The van der Waals surface area contributed by atoms with Crippen LogP contribution in [0, 0.1) is 12.7 Å². The Bertz CT molecular complexity index is 792. The van der Waals surface area contributed by atoms with E-state index in [1.807, 2.05) is 19.1 Å². The fraction of sp³-hybridized carbons (Fsp3) is 0.300. The molecule has 3 rings (SSSR count). The first-order chi connectivity index (χ1) is 12.5. The molecule has 1 aliphatic rings. The number of aryl methyl sites for hydroxylation is 1. The fourth-order valence-corrected chi connectivity index (χ4v) is 2.95. The minimum atomic E-state index is -0.309. The van der Waals surface area contributed by atoms with E-state index >= 15 is 0 Å². The summed E-state index contributed by atoms with van der Waals surface area (Å²) in [5.41, 5.74) is 2.25. The third kappa shape index (κ3) is 4.26. The zero-order valence-electron chi connectivity index (χ0n) is 14.6. The lowest BCUT2D eigenvalue weighted by Crippen LogP contribution is -2.46. The number of morpholine rings is 1. The summed E-state index contributed by atoms with van der Waals surface area (Å²) in [7, 11) is 0. The number of carbonyl (C=O) groups is 2. The van der Waals surface area contributed by atoms with Crippen molar-refractivity contribution in [2.24, 2.45) is 0 Å². The second-order valence-electron chi connectivity index (χ2n) is 6.25. The molecule has 136 valence electrons. The molecule has 1 saturated heterocycles. The highest BCUT2D eigenvalue weighted by Crippen LogP contribution is 2.22. The lowest BCUT2D eigenvalue weighted by Gasteiger charge is -2.33.